The molecule has 0 aliphatic rings. The van der Waals surface area contributed by atoms with E-state index in [1.807, 2.05) is 11.3 Å². The molecule has 0 aliphatic heterocycles. The number of hydrogen-bond donors (Lipinski definition) is 0. The molecule has 1 aromatic carbocycles. The van der Waals surface area contributed by atoms with Crippen LogP contribution in [0.2, 0.25) is 0 Å². The summed E-state index contributed by atoms with van der Waals surface area (Å²) in [7, 11) is 0. The van der Waals surface area contributed by atoms with E-state index in [1.54, 1.807) is 0 Å². The third-order valence-electron chi connectivity index (χ3n) is 3.31. The first-order valence-corrected chi connectivity index (χ1v) is 6.96. The third-order valence-corrected chi connectivity index (χ3v) is 4.73. The normalized spacial score (nSPS) is 13.6. The summed E-state index contributed by atoms with van der Waals surface area (Å²) in [5, 5.41) is 1.42. The smallest absolute Gasteiger partial charge is 0.0345 e. The van der Waals surface area contributed by atoms with Crippen molar-refractivity contribution in [1.82, 2.24) is 0 Å². The molecule has 16 heavy (non-hydrogen) atoms. The maximum atomic E-state index is 2.37. The van der Waals surface area contributed by atoms with Gasteiger partial charge in [0.05, 0.1) is 0 Å². The van der Waals surface area contributed by atoms with Crippen molar-refractivity contribution in [3.05, 3.63) is 34.7 Å². The van der Waals surface area contributed by atoms with Gasteiger partial charge in [-0.25, -0.2) is 0 Å². The largest absolute Gasteiger partial charge is 0.140 e. The second-order valence-electron chi connectivity index (χ2n) is 4.91. The van der Waals surface area contributed by atoms with Gasteiger partial charge in [0.1, 0.15) is 0 Å². The number of thiophene rings is 1. The first-order valence-electron chi connectivity index (χ1n) is 6.15. The standard InChI is InChI=1S/C15H20S/c1-5-11(4)12-6-7-14-13(8-12)9-15(16-14)10(2)3/h6-11H,5H2,1-4H3. The summed E-state index contributed by atoms with van der Waals surface area (Å²) in [6.45, 7) is 9.08. The average Bonchev–Trinajstić information content (AvgIpc) is 2.70. The maximum Gasteiger partial charge on any atom is 0.0345 e. The zero-order valence-electron chi connectivity index (χ0n) is 10.6. The summed E-state index contributed by atoms with van der Waals surface area (Å²) in [5.74, 6) is 1.32. The average molecular weight is 232 g/mol. The highest BCUT2D eigenvalue weighted by molar-refractivity contribution is 7.19. The van der Waals surface area contributed by atoms with Crippen LogP contribution in [0.5, 0.6) is 0 Å². The van der Waals surface area contributed by atoms with Crippen molar-refractivity contribution in [2.24, 2.45) is 0 Å². The molecule has 1 heterocycles. The molecule has 0 fully saturated rings. The molecule has 2 rings (SSSR count). The molecule has 86 valence electrons. The van der Waals surface area contributed by atoms with Crippen LogP contribution >= 0.6 is 11.3 Å². The fraction of sp³-hybridized carbons (Fsp3) is 0.467. The predicted molar refractivity (Wildman–Crippen MR) is 74.6 cm³/mol. The van der Waals surface area contributed by atoms with Gasteiger partial charge in [-0.3, -0.25) is 0 Å². The molecule has 0 saturated heterocycles. The topological polar surface area (TPSA) is 0 Å². The Hall–Kier alpha value is -0.820. The van der Waals surface area contributed by atoms with E-state index < -0.39 is 0 Å². The van der Waals surface area contributed by atoms with Crippen LogP contribution in [-0.2, 0) is 0 Å². The molecule has 0 nitrogen and oxygen atoms in total. The van der Waals surface area contributed by atoms with Crippen molar-refractivity contribution in [1.29, 1.82) is 0 Å². The van der Waals surface area contributed by atoms with Gasteiger partial charge in [0, 0.05) is 9.58 Å². The van der Waals surface area contributed by atoms with E-state index in [-0.39, 0.29) is 0 Å². The fourth-order valence-corrected chi connectivity index (χ4v) is 2.96. The summed E-state index contributed by atoms with van der Waals surface area (Å²) in [4.78, 5) is 1.50. The van der Waals surface area contributed by atoms with Gasteiger partial charge < -0.3 is 0 Å². The lowest BCUT2D eigenvalue weighted by molar-refractivity contribution is 0.735. The lowest BCUT2D eigenvalue weighted by Crippen LogP contribution is -1.89. The van der Waals surface area contributed by atoms with E-state index >= 15 is 0 Å². The third kappa shape index (κ3) is 2.15. The van der Waals surface area contributed by atoms with Gasteiger partial charge >= 0.3 is 0 Å². The molecule has 1 aromatic heterocycles. The van der Waals surface area contributed by atoms with Crippen molar-refractivity contribution in [3.63, 3.8) is 0 Å². The van der Waals surface area contributed by atoms with Crippen LogP contribution in [0.4, 0.5) is 0 Å². The van der Waals surface area contributed by atoms with Crippen LogP contribution in [0.15, 0.2) is 24.3 Å². The van der Waals surface area contributed by atoms with Gasteiger partial charge in [-0.05, 0) is 41.3 Å². The Morgan fingerprint density at radius 3 is 2.50 bits per heavy atom. The zero-order chi connectivity index (χ0) is 11.7. The van der Waals surface area contributed by atoms with E-state index in [9.17, 15) is 0 Å². The summed E-state index contributed by atoms with van der Waals surface area (Å²) in [6.07, 6.45) is 1.21. The summed E-state index contributed by atoms with van der Waals surface area (Å²) >= 11 is 1.93. The maximum absolute atomic E-state index is 2.37. The van der Waals surface area contributed by atoms with Gasteiger partial charge in [-0.15, -0.1) is 11.3 Å². The Bertz CT molecular complexity index is 479. The Labute approximate surface area is 102 Å². The van der Waals surface area contributed by atoms with Crippen molar-refractivity contribution in [2.75, 3.05) is 0 Å². The fourth-order valence-electron chi connectivity index (χ4n) is 1.91. The number of rotatable bonds is 3. The van der Waals surface area contributed by atoms with Crippen LogP contribution in [0.1, 0.15) is 56.4 Å². The quantitative estimate of drug-likeness (QED) is 0.652. The van der Waals surface area contributed by atoms with Crippen molar-refractivity contribution < 1.29 is 0 Å². The lowest BCUT2D eigenvalue weighted by Gasteiger charge is -2.08. The van der Waals surface area contributed by atoms with Gasteiger partial charge in [0.25, 0.3) is 0 Å². The molecule has 0 amide bonds. The summed E-state index contributed by atoms with van der Waals surface area (Å²) in [6, 6.07) is 9.30. The molecule has 2 aromatic rings. The molecule has 0 spiro atoms. The minimum atomic E-state index is 0.643. The first kappa shape index (κ1) is 11.7. The van der Waals surface area contributed by atoms with Gasteiger partial charge in [-0.1, -0.05) is 39.8 Å². The number of fused-ring (bicyclic) bond motifs is 1. The Balaban J connectivity index is 2.45. The van der Waals surface area contributed by atoms with Crippen LogP contribution in [0.3, 0.4) is 0 Å². The Morgan fingerprint density at radius 2 is 1.88 bits per heavy atom. The van der Waals surface area contributed by atoms with E-state index in [1.165, 1.54) is 26.9 Å². The number of hydrogen-bond acceptors (Lipinski definition) is 1. The Kier molecular flexibility index (Phi) is 3.34. The van der Waals surface area contributed by atoms with E-state index in [4.69, 9.17) is 0 Å². The molecule has 0 saturated carbocycles. The molecule has 0 radical (unpaired) electrons. The van der Waals surface area contributed by atoms with E-state index in [2.05, 4.69) is 52.0 Å². The summed E-state index contributed by atoms with van der Waals surface area (Å²) in [5.41, 5.74) is 1.48. The minimum absolute atomic E-state index is 0.643. The predicted octanol–water partition coefficient (Wildman–Crippen LogP) is 5.54. The molecular weight excluding hydrogens is 212 g/mol. The van der Waals surface area contributed by atoms with Gasteiger partial charge in [-0.2, -0.15) is 0 Å². The minimum Gasteiger partial charge on any atom is -0.140 e. The zero-order valence-corrected chi connectivity index (χ0v) is 11.4. The van der Waals surface area contributed by atoms with Crippen molar-refractivity contribution >= 4 is 21.4 Å². The van der Waals surface area contributed by atoms with E-state index in [0.717, 1.165) is 0 Å². The lowest BCUT2D eigenvalue weighted by atomic mass is 9.97. The highest BCUT2D eigenvalue weighted by Crippen LogP contribution is 2.32. The van der Waals surface area contributed by atoms with Crippen LogP contribution < -0.4 is 0 Å². The van der Waals surface area contributed by atoms with E-state index in [0.29, 0.717) is 11.8 Å². The van der Waals surface area contributed by atoms with Crippen molar-refractivity contribution in [2.45, 2.75) is 46.0 Å². The molecular formula is C15H20S. The Morgan fingerprint density at radius 1 is 1.12 bits per heavy atom. The van der Waals surface area contributed by atoms with Crippen LogP contribution in [0, 0.1) is 0 Å². The highest BCUT2D eigenvalue weighted by Gasteiger charge is 2.08. The summed E-state index contributed by atoms with van der Waals surface area (Å²) < 4.78 is 1.43. The van der Waals surface area contributed by atoms with Gasteiger partial charge in [0.15, 0.2) is 0 Å². The molecule has 0 bridgehead atoms. The van der Waals surface area contributed by atoms with Gasteiger partial charge in [0.2, 0.25) is 0 Å². The molecule has 1 heteroatoms. The second kappa shape index (κ2) is 4.58. The molecule has 1 atom stereocenters. The number of benzene rings is 1. The molecule has 0 N–H and O–H groups in total. The van der Waals surface area contributed by atoms with Crippen LogP contribution in [0.25, 0.3) is 10.1 Å². The first-order chi connectivity index (χ1) is 7.61. The van der Waals surface area contributed by atoms with Crippen molar-refractivity contribution in [3.8, 4) is 0 Å². The monoisotopic (exact) mass is 232 g/mol. The molecule has 1 unspecified atom stereocenters. The second-order valence-corrected chi connectivity index (χ2v) is 6.03. The SMILES string of the molecule is CCC(C)c1ccc2sc(C(C)C)cc2c1. The highest BCUT2D eigenvalue weighted by atomic mass is 32.1. The van der Waals surface area contributed by atoms with Crippen LogP contribution in [-0.4, -0.2) is 0 Å². The molecule has 0 aliphatic carbocycles.